The molecule has 0 bridgehead atoms. The van der Waals surface area contributed by atoms with Gasteiger partial charge in [-0.3, -0.25) is 0 Å². The van der Waals surface area contributed by atoms with E-state index in [9.17, 15) is 17.6 Å². The second-order valence-electron chi connectivity index (χ2n) is 7.60. The molecule has 0 radical (unpaired) electrons. The van der Waals surface area contributed by atoms with Crippen LogP contribution < -0.4 is 10.1 Å². The minimum absolute atomic E-state index is 0.144. The first-order chi connectivity index (χ1) is 15.5. The summed E-state index contributed by atoms with van der Waals surface area (Å²) < 4.78 is 76.3. The standard InChI is InChI=1S/C20H22ClF5N6O/c1-11(20(24,25)26)29-18-15(17(21)30-19-27-10-28-32(18)19)14-12(22)6-7-13(16(14)23)33-9-5-4-8-31(2)3/h6-7,10-11,29H,4-5,8-9H2,1-3H3. The van der Waals surface area contributed by atoms with Crippen LogP contribution >= 0.6 is 11.6 Å². The lowest BCUT2D eigenvalue weighted by Crippen LogP contribution is -2.34. The van der Waals surface area contributed by atoms with Gasteiger partial charge in [0.2, 0.25) is 0 Å². The number of ether oxygens (including phenoxy) is 1. The summed E-state index contributed by atoms with van der Waals surface area (Å²) >= 11 is 6.18. The van der Waals surface area contributed by atoms with Crippen LogP contribution in [0.1, 0.15) is 19.8 Å². The number of rotatable bonds is 9. The molecule has 0 fully saturated rings. The lowest BCUT2D eigenvalue weighted by atomic mass is 10.1. The van der Waals surface area contributed by atoms with E-state index in [1.165, 1.54) is 0 Å². The van der Waals surface area contributed by atoms with E-state index in [0.29, 0.717) is 6.42 Å². The Bertz CT molecular complexity index is 1120. The lowest BCUT2D eigenvalue weighted by Gasteiger charge is -2.22. The van der Waals surface area contributed by atoms with E-state index in [1.807, 2.05) is 19.0 Å². The van der Waals surface area contributed by atoms with Gasteiger partial charge in [0.05, 0.1) is 17.7 Å². The van der Waals surface area contributed by atoms with Crippen LogP contribution in [0.25, 0.3) is 16.9 Å². The van der Waals surface area contributed by atoms with Crippen LogP contribution in [0.3, 0.4) is 0 Å². The molecule has 2 aromatic heterocycles. The van der Waals surface area contributed by atoms with Crippen molar-refractivity contribution in [1.29, 1.82) is 0 Å². The SMILES string of the molecule is CC(Nc1c(-c2c(F)ccc(OCCCCN(C)C)c2F)c(Cl)nc2ncnn12)C(F)(F)F. The monoisotopic (exact) mass is 492 g/mol. The van der Waals surface area contributed by atoms with Crippen molar-refractivity contribution in [2.45, 2.75) is 32.0 Å². The average Bonchev–Trinajstić information content (AvgIpc) is 3.18. The van der Waals surface area contributed by atoms with Gasteiger partial charge in [0.25, 0.3) is 5.78 Å². The van der Waals surface area contributed by atoms with Crippen LogP contribution in [0.5, 0.6) is 5.75 Å². The molecular formula is C20H22ClF5N6O. The highest BCUT2D eigenvalue weighted by Gasteiger charge is 2.38. The molecule has 0 aliphatic heterocycles. The molecule has 1 aromatic carbocycles. The molecule has 2 heterocycles. The molecule has 0 saturated heterocycles. The summed E-state index contributed by atoms with van der Waals surface area (Å²) in [6.07, 6.45) is -2.21. The number of hydrogen-bond donors (Lipinski definition) is 1. The highest BCUT2D eigenvalue weighted by molar-refractivity contribution is 6.33. The number of hydrogen-bond acceptors (Lipinski definition) is 6. The van der Waals surface area contributed by atoms with Crippen molar-refractivity contribution in [1.82, 2.24) is 24.5 Å². The average molecular weight is 493 g/mol. The molecule has 7 nitrogen and oxygen atoms in total. The van der Waals surface area contributed by atoms with E-state index in [4.69, 9.17) is 16.3 Å². The van der Waals surface area contributed by atoms with E-state index < -0.39 is 46.0 Å². The van der Waals surface area contributed by atoms with E-state index >= 15 is 4.39 Å². The van der Waals surface area contributed by atoms with Crippen LogP contribution in [0, 0.1) is 11.6 Å². The number of halogens is 6. The Morgan fingerprint density at radius 3 is 2.58 bits per heavy atom. The first-order valence-electron chi connectivity index (χ1n) is 9.99. The number of anilines is 1. The van der Waals surface area contributed by atoms with Gasteiger partial charge in [0, 0.05) is 0 Å². The molecule has 3 rings (SSSR count). The van der Waals surface area contributed by atoms with Crippen molar-refractivity contribution in [3.63, 3.8) is 0 Å². The maximum atomic E-state index is 15.4. The minimum atomic E-state index is -4.66. The predicted molar refractivity (Wildman–Crippen MR) is 114 cm³/mol. The highest BCUT2D eigenvalue weighted by Crippen LogP contribution is 2.40. The van der Waals surface area contributed by atoms with Gasteiger partial charge in [-0.15, -0.1) is 0 Å². The molecule has 13 heteroatoms. The van der Waals surface area contributed by atoms with Gasteiger partial charge < -0.3 is 15.0 Å². The van der Waals surface area contributed by atoms with Gasteiger partial charge in [0.15, 0.2) is 11.6 Å². The Kier molecular flexibility index (Phi) is 7.58. The molecule has 0 amide bonds. The van der Waals surface area contributed by atoms with Gasteiger partial charge >= 0.3 is 6.18 Å². The van der Waals surface area contributed by atoms with Crippen LogP contribution in [0.4, 0.5) is 27.8 Å². The number of alkyl halides is 3. The Balaban J connectivity index is 2.05. The predicted octanol–water partition coefficient (Wildman–Crippen LogP) is 4.81. The highest BCUT2D eigenvalue weighted by atomic mass is 35.5. The summed E-state index contributed by atoms with van der Waals surface area (Å²) in [6.45, 7) is 1.83. The summed E-state index contributed by atoms with van der Waals surface area (Å²) in [4.78, 5) is 9.70. The smallest absolute Gasteiger partial charge is 0.408 e. The largest absolute Gasteiger partial charge is 0.490 e. The van der Waals surface area contributed by atoms with Crippen molar-refractivity contribution in [3.05, 3.63) is 35.2 Å². The Labute approximate surface area is 191 Å². The number of fused-ring (bicyclic) bond motifs is 1. The molecule has 0 aliphatic carbocycles. The molecule has 0 spiro atoms. The zero-order valence-corrected chi connectivity index (χ0v) is 18.8. The molecule has 1 atom stereocenters. The second kappa shape index (κ2) is 10.0. The number of nitrogens with one attached hydrogen (secondary N) is 1. The molecular weight excluding hydrogens is 471 g/mol. The Hall–Kier alpha value is -2.73. The van der Waals surface area contributed by atoms with Gasteiger partial charge in [0.1, 0.15) is 29.2 Å². The molecule has 0 aliphatic rings. The van der Waals surface area contributed by atoms with Crippen molar-refractivity contribution in [2.75, 3.05) is 32.6 Å². The fourth-order valence-corrected chi connectivity index (χ4v) is 3.30. The Morgan fingerprint density at radius 2 is 1.91 bits per heavy atom. The summed E-state index contributed by atoms with van der Waals surface area (Å²) in [5, 5.41) is 5.57. The maximum Gasteiger partial charge on any atom is 0.408 e. The van der Waals surface area contributed by atoms with Crippen LogP contribution in [-0.4, -0.2) is 63.9 Å². The Morgan fingerprint density at radius 1 is 1.18 bits per heavy atom. The zero-order valence-electron chi connectivity index (χ0n) is 18.0. The third kappa shape index (κ3) is 5.61. The molecule has 180 valence electrons. The third-order valence-corrected chi connectivity index (χ3v) is 5.06. The third-order valence-electron chi connectivity index (χ3n) is 4.79. The number of unbranched alkanes of at least 4 members (excludes halogenated alkanes) is 1. The van der Waals surface area contributed by atoms with Gasteiger partial charge in [-0.2, -0.15) is 32.8 Å². The fraction of sp³-hybridized carbons (Fsp3) is 0.450. The van der Waals surface area contributed by atoms with Crippen LogP contribution in [-0.2, 0) is 0 Å². The van der Waals surface area contributed by atoms with E-state index in [0.717, 1.165) is 42.9 Å². The van der Waals surface area contributed by atoms with Gasteiger partial charge in [-0.25, -0.2) is 8.78 Å². The normalized spacial score (nSPS) is 13.0. The quantitative estimate of drug-likeness (QED) is 0.263. The number of nitrogens with zero attached hydrogens (tertiary/aromatic N) is 5. The van der Waals surface area contributed by atoms with Crippen molar-refractivity contribution < 1.29 is 26.7 Å². The summed E-state index contributed by atoms with van der Waals surface area (Å²) in [6, 6.07) is -0.0304. The second-order valence-corrected chi connectivity index (χ2v) is 7.96. The van der Waals surface area contributed by atoms with Crippen LogP contribution in [0.2, 0.25) is 5.15 Å². The van der Waals surface area contributed by atoms with Gasteiger partial charge in [-0.05, 0) is 52.5 Å². The molecule has 1 unspecified atom stereocenters. The molecule has 0 saturated carbocycles. The number of aromatic nitrogens is 4. The van der Waals surface area contributed by atoms with E-state index in [1.54, 1.807) is 0 Å². The fourth-order valence-electron chi connectivity index (χ4n) is 3.04. The molecule has 1 N–H and O–H groups in total. The summed E-state index contributed by atoms with van der Waals surface area (Å²) in [5.74, 6) is -2.99. The maximum absolute atomic E-state index is 15.4. The summed E-state index contributed by atoms with van der Waals surface area (Å²) in [5.41, 5.74) is -1.12. The molecule has 3 aromatic rings. The van der Waals surface area contributed by atoms with Crippen molar-refractivity contribution in [2.24, 2.45) is 0 Å². The first-order valence-corrected chi connectivity index (χ1v) is 10.4. The first kappa shape index (κ1) is 24.9. The topological polar surface area (TPSA) is 67.6 Å². The van der Waals surface area contributed by atoms with Crippen molar-refractivity contribution >= 4 is 23.2 Å². The van der Waals surface area contributed by atoms with Gasteiger partial charge in [-0.1, -0.05) is 11.6 Å². The summed E-state index contributed by atoms with van der Waals surface area (Å²) in [7, 11) is 3.84. The van der Waals surface area contributed by atoms with E-state index in [2.05, 4.69) is 20.4 Å². The number of benzene rings is 1. The van der Waals surface area contributed by atoms with E-state index in [-0.39, 0.29) is 18.1 Å². The van der Waals surface area contributed by atoms with Crippen molar-refractivity contribution in [3.8, 4) is 16.9 Å². The molecule has 33 heavy (non-hydrogen) atoms. The zero-order chi connectivity index (χ0) is 24.3. The minimum Gasteiger partial charge on any atom is -0.490 e. The lowest BCUT2D eigenvalue weighted by molar-refractivity contribution is -0.138. The van der Waals surface area contributed by atoms with Crippen LogP contribution in [0.15, 0.2) is 18.5 Å².